The highest BCUT2D eigenvalue weighted by molar-refractivity contribution is 5.81. The normalized spacial score (nSPS) is 28.5. The second kappa shape index (κ2) is 3.41. The minimum Gasteiger partial charge on any atom is -0.298 e. The average molecular weight is 181 g/mol. The van der Waals surface area contributed by atoms with Gasteiger partial charge in [-0.1, -0.05) is 13.3 Å². The van der Waals surface area contributed by atoms with Crippen molar-refractivity contribution in [1.82, 2.24) is 4.90 Å². The first kappa shape index (κ1) is 9.20. The number of nitrogens with zero attached hydrogens (tertiary/aromatic N) is 1. The summed E-state index contributed by atoms with van der Waals surface area (Å²) in [6, 6.07) is 0. The molecule has 0 atom stereocenters. The summed E-state index contributed by atoms with van der Waals surface area (Å²) in [6.45, 7) is 5.37. The van der Waals surface area contributed by atoms with E-state index in [2.05, 4.69) is 11.8 Å². The molecule has 0 spiro atoms. The van der Waals surface area contributed by atoms with Crippen LogP contribution < -0.4 is 0 Å². The predicted molar refractivity (Wildman–Crippen MR) is 52.6 cm³/mol. The molecule has 13 heavy (non-hydrogen) atoms. The number of piperidine rings is 1. The zero-order chi connectivity index (χ0) is 9.31. The molecular formula is C11H19NO. The fourth-order valence-electron chi connectivity index (χ4n) is 2.52. The summed E-state index contributed by atoms with van der Waals surface area (Å²) in [6.07, 6.45) is 6.00. The third kappa shape index (κ3) is 2.11. The molecule has 0 aromatic carbocycles. The van der Waals surface area contributed by atoms with E-state index in [4.69, 9.17) is 0 Å². The molecule has 1 saturated carbocycles. The molecule has 2 heteroatoms. The summed E-state index contributed by atoms with van der Waals surface area (Å²) in [5.74, 6) is 0.439. The van der Waals surface area contributed by atoms with Gasteiger partial charge in [0.25, 0.3) is 0 Å². The Morgan fingerprint density at radius 3 is 2.69 bits per heavy atom. The fraction of sp³-hybridized carbons (Fsp3) is 0.909. The van der Waals surface area contributed by atoms with Crippen molar-refractivity contribution >= 4 is 5.78 Å². The predicted octanol–water partition coefficient (Wildman–Crippen LogP) is 1.84. The molecule has 74 valence electrons. The summed E-state index contributed by atoms with van der Waals surface area (Å²) in [7, 11) is 0. The van der Waals surface area contributed by atoms with Gasteiger partial charge in [-0.05, 0) is 31.2 Å². The van der Waals surface area contributed by atoms with Crippen molar-refractivity contribution in [2.75, 3.05) is 19.6 Å². The number of likely N-dealkylation sites (tertiary alicyclic amines) is 1. The van der Waals surface area contributed by atoms with Crippen LogP contribution in [-0.2, 0) is 4.79 Å². The first-order valence-corrected chi connectivity index (χ1v) is 5.42. The molecule has 1 heterocycles. The molecule has 1 saturated heterocycles. The van der Waals surface area contributed by atoms with Crippen LogP contribution in [0.4, 0.5) is 0 Å². The topological polar surface area (TPSA) is 20.3 Å². The minimum absolute atomic E-state index is 0.439. The van der Waals surface area contributed by atoms with Crippen LogP contribution in [0.25, 0.3) is 0 Å². The largest absolute Gasteiger partial charge is 0.298 e. The Balaban J connectivity index is 1.83. The second-order valence-corrected chi connectivity index (χ2v) is 5.02. The van der Waals surface area contributed by atoms with Crippen molar-refractivity contribution < 1.29 is 4.79 Å². The van der Waals surface area contributed by atoms with Gasteiger partial charge in [-0.25, -0.2) is 0 Å². The highest BCUT2D eigenvalue weighted by Crippen LogP contribution is 2.41. The summed E-state index contributed by atoms with van der Waals surface area (Å²) < 4.78 is 0. The first-order chi connectivity index (χ1) is 6.18. The minimum atomic E-state index is 0.439. The Hall–Kier alpha value is -0.370. The molecule has 2 rings (SSSR count). The van der Waals surface area contributed by atoms with Crippen LogP contribution in [0.3, 0.4) is 0 Å². The molecule has 1 aliphatic heterocycles. The summed E-state index contributed by atoms with van der Waals surface area (Å²) in [5, 5.41) is 0. The number of ketones is 1. The SMILES string of the molecule is CC1(CN2CCCC(=O)C2)CCC1. The molecule has 0 bridgehead atoms. The fourth-order valence-corrected chi connectivity index (χ4v) is 2.52. The van der Waals surface area contributed by atoms with E-state index < -0.39 is 0 Å². The maximum atomic E-state index is 11.2. The molecular weight excluding hydrogens is 162 g/mol. The van der Waals surface area contributed by atoms with Crippen LogP contribution in [0.1, 0.15) is 39.0 Å². The molecule has 0 N–H and O–H groups in total. The van der Waals surface area contributed by atoms with Gasteiger partial charge in [0.2, 0.25) is 0 Å². The van der Waals surface area contributed by atoms with Crippen LogP contribution in [0.15, 0.2) is 0 Å². The maximum Gasteiger partial charge on any atom is 0.146 e. The van der Waals surface area contributed by atoms with Crippen LogP contribution >= 0.6 is 0 Å². The first-order valence-electron chi connectivity index (χ1n) is 5.42. The van der Waals surface area contributed by atoms with Crippen LogP contribution in [0.5, 0.6) is 0 Å². The van der Waals surface area contributed by atoms with E-state index >= 15 is 0 Å². The number of carbonyl (C=O) groups excluding carboxylic acids is 1. The lowest BCUT2D eigenvalue weighted by Crippen LogP contribution is -2.44. The monoisotopic (exact) mass is 181 g/mol. The van der Waals surface area contributed by atoms with Crippen molar-refractivity contribution in [2.24, 2.45) is 5.41 Å². The van der Waals surface area contributed by atoms with E-state index in [1.165, 1.54) is 19.3 Å². The van der Waals surface area contributed by atoms with Gasteiger partial charge < -0.3 is 0 Å². The third-order valence-corrected chi connectivity index (χ3v) is 3.50. The molecule has 2 aliphatic rings. The molecule has 2 nitrogen and oxygen atoms in total. The van der Waals surface area contributed by atoms with Crippen LogP contribution in [0, 0.1) is 5.41 Å². The Kier molecular flexibility index (Phi) is 2.41. The van der Waals surface area contributed by atoms with E-state index in [0.29, 0.717) is 11.2 Å². The Labute approximate surface area is 80.3 Å². The lowest BCUT2D eigenvalue weighted by atomic mass is 9.70. The van der Waals surface area contributed by atoms with E-state index in [1.807, 2.05) is 0 Å². The van der Waals surface area contributed by atoms with Gasteiger partial charge in [0.05, 0.1) is 6.54 Å². The van der Waals surface area contributed by atoms with Crippen molar-refractivity contribution in [3.8, 4) is 0 Å². The van der Waals surface area contributed by atoms with Crippen LogP contribution in [0.2, 0.25) is 0 Å². The quantitative estimate of drug-likeness (QED) is 0.648. The van der Waals surface area contributed by atoms with Crippen molar-refractivity contribution in [3.63, 3.8) is 0 Å². The lowest BCUT2D eigenvalue weighted by molar-refractivity contribution is -0.122. The van der Waals surface area contributed by atoms with Crippen LogP contribution in [-0.4, -0.2) is 30.3 Å². The molecule has 0 aromatic heterocycles. The number of hydrogen-bond acceptors (Lipinski definition) is 2. The molecule has 0 amide bonds. The van der Waals surface area contributed by atoms with Gasteiger partial charge in [0.1, 0.15) is 5.78 Å². The Morgan fingerprint density at radius 1 is 1.38 bits per heavy atom. The maximum absolute atomic E-state index is 11.2. The van der Waals surface area contributed by atoms with Gasteiger partial charge in [-0.15, -0.1) is 0 Å². The summed E-state index contributed by atoms with van der Waals surface area (Å²) >= 11 is 0. The third-order valence-electron chi connectivity index (χ3n) is 3.50. The van der Waals surface area contributed by atoms with Crippen molar-refractivity contribution in [2.45, 2.75) is 39.0 Å². The van der Waals surface area contributed by atoms with E-state index in [0.717, 1.165) is 32.5 Å². The second-order valence-electron chi connectivity index (χ2n) is 5.02. The Bertz CT molecular complexity index is 208. The number of Topliss-reactive ketones (excluding diaryl/α,β-unsaturated/α-hetero) is 1. The van der Waals surface area contributed by atoms with Gasteiger partial charge in [0, 0.05) is 13.0 Å². The molecule has 1 aliphatic carbocycles. The van der Waals surface area contributed by atoms with Gasteiger partial charge in [-0.2, -0.15) is 0 Å². The van der Waals surface area contributed by atoms with Crippen molar-refractivity contribution in [1.29, 1.82) is 0 Å². The van der Waals surface area contributed by atoms with E-state index in [1.54, 1.807) is 0 Å². The highest BCUT2D eigenvalue weighted by Gasteiger charge is 2.34. The number of hydrogen-bond donors (Lipinski definition) is 0. The highest BCUT2D eigenvalue weighted by atomic mass is 16.1. The zero-order valence-corrected chi connectivity index (χ0v) is 8.51. The molecule has 0 radical (unpaired) electrons. The number of rotatable bonds is 2. The van der Waals surface area contributed by atoms with E-state index in [9.17, 15) is 4.79 Å². The molecule has 2 fully saturated rings. The van der Waals surface area contributed by atoms with E-state index in [-0.39, 0.29) is 0 Å². The standard InChI is InChI=1S/C11H19NO/c1-11(5-3-6-11)9-12-7-2-4-10(13)8-12/h2-9H2,1H3. The van der Waals surface area contributed by atoms with Gasteiger partial charge >= 0.3 is 0 Å². The van der Waals surface area contributed by atoms with Crippen molar-refractivity contribution in [3.05, 3.63) is 0 Å². The lowest BCUT2D eigenvalue weighted by Gasteiger charge is -2.43. The summed E-state index contributed by atoms with van der Waals surface area (Å²) in [4.78, 5) is 13.6. The smallest absolute Gasteiger partial charge is 0.146 e. The zero-order valence-electron chi connectivity index (χ0n) is 8.51. The average Bonchev–Trinajstić information content (AvgIpc) is 2.01. The summed E-state index contributed by atoms with van der Waals surface area (Å²) in [5.41, 5.74) is 0.539. The number of carbonyl (C=O) groups is 1. The molecule has 0 unspecified atom stereocenters. The van der Waals surface area contributed by atoms with Gasteiger partial charge in [0.15, 0.2) is 0 Å². The Morgan fingerprint density at radius 2 is 2.15 bits per heavy atom. The van der Waals surface area contributed by atoms with Gasteiger partial charge in [-0.3, -0.25) is 9.69 Å². The molecule has 0 aromatic rings.